The number of aryl methyl sites for hydroxylation is 1. The molecule has 114 valence electrons. The van der Waals surface area contributed by atoms with Crippen molar-refractivity contribution >= 4 is 27.8 Å². The Balaban J connectivity index is 1.60. The minimum absolute atomic E-state index is 0.761. The minimum Gasteiger partial charge on any atom is -0.351 e. The Kier molecular flexibility index (Phi) is 4.93. The fraction of sp³-hybridized carbons (Fsp3) is 0.562. The van der Waals surface area contributed by atoms with Crippen LogP contribution in [0.4, 0.5) is 5.13 Å². The smallest absolute Gasteiger partial charge is 0.185 e. The predicted molar refractivity (Wildman–Crippen MR) is 92.6 cm³/mol. The molecule has 0 aliphatic heterocycles. The van der Waals surface area contributed by atoms with E-state index in [1.807, 2.05) is 22.7 Å². The second kappa shape index (κ2) is 6.90. The van der Waals surface area contributed by atoms with Crippen LogP contribution in [0.1, 0.15) is 35.2 Å². The lowest BCUT2D eigenvalue weighted by atomic mass is 10.3. The van der Waals surface area contributed by atoms with E-state index in [4.69, 9.17) is 4.98 Å². The van der Waals surface area contributed by atoms with E-state index in [9.17, 15) is 0 Å². The Bertz CT molecular complexity index is 558. The van der Waals surface area contributed by atoms with Crippen LogP contribution in [0.15, 0.2) is 17.5 Å². The van der Waals surface area contributed by atoms with E-state index in [0.29, 0.717) is 0 Å². The number of nitrogens with one attached hydrogen (secondary N) is 1. The summed E-state index contributed by atoms with van der Waals surface area (Å²) in [6, 6.07) is 5.10. The molecule has 3 nitrogen and oxygen atoms in total. The van der Waals surface area contributed by atoms with E-state index >= 15 is 0 Å². The zero-order valence-corrected chi connectivity index (χ0v) is 14.4. The molecule has 1 aliphatic rings. The first-order valence-corrected chi connectivity index (χ1v) is 9.41. The molecule has 2 aromatic rings. The zero-order chi connectivity index (χ0) is 14.7. The second-order valence-corrected chi connectivity index (χ2v) is 7.72. The Hall–Kier alpha value is -0.910. The molecule has 3 rings (SSSR count). The van der Waals surface area contributed by atoms with Gasteiger partial charge in [-0.2, -0.15) is 0 Å². The van der Waals surface area contributed by atoms with Gasteiger partial charge in [-0.3, -0.25) is 0 Å². The summed E-state index contributed by atoms with van der Waals surface area (Å²) < 4.78 is 0. The lowest BCUT2D eigenvalue weighted by Gasteiger charge is -2.14. The number of likely N-dealkylation sites (N-methyl/N-ethyl adjacent to an activating group) is 1. The molecule has 0 amide bonds. The molecule has 21 heavy (non-hydrogen) atoms. The maximum Gasteiger partial charge on any atom is 0.185 e. The number of nitrogens with zero attached hydrogens (tertiary/aromatic N) is 2. The molecule has 0 bridgehead atoms. The highest BCUT2D eigenvalue weighted by Crippen LogP contribution is 2.28. The van der Waals surface area contributed by atoms with Crippen molar-refractivity contribution in [3.05, 3.63) is 33.0 Å². The van der Waals surface area contributed by atoms with Crippen molar-refractivity contribution in [2.24, 2.45) is 0 Å². The van der Waals surface area contributed by atoms with Gasteiger partial charge in [-0.15, -0.1) is 22.7 Å². The molecule has 0 aromatic carbocycles. The van der Waals surface area contributed by atoms with E-state index < -0.39 is 0 Å². The average molecular weight is 322 g/mol. The number of thiazole rings is 1. The van der Waals surface area contributed by atoms with Crippen LogP contribution >= 0.6 is 22.7 Å². The monoisotopic (exact) mass is 321 g/mol. The van der Waals surface area contributed by atoms with E-state index in [0.717, 1.165) is 37.1 Å². The van der Waals surface area contributed by atoms with Gasteiger partial charge in [0.25, 0.3) is 0 Å². The maximum atomic E-state index is 4.83. The first-order valence-electron chi connectivity index (χ1n) is 7.71. The molecule has 1 aliphatic carbocycles. The van der Waals surface area contributed by atoms with Gasteiger partial charge in [-0.05, 0) is 37.1 Å². The normalized spacial score (nSPS) is 14.6. The van der Waals surface area contributed by atoms with Crippen LogP contribution in [0.25, 0.3) is 0 Å². The quantitative estimate of drug-likeness (QED) is 0.803. The molecule has 2 aromatic heterocycles. The van der Waals surface area contributed by atoms with Crippen molar-refractivity contribution < 1.29 is 0 Å². The summed E-state index contributed by atoms with van der Waals surface area (Å²) in [5.74, 6) is 0. The SMILES string of the molecule is CCc1nc(N(C)CCc2cccs2)sc1CNC1CC1. The lowest BCUT2D eigenvalue weighted by molar-refractivity contribution is 0.689. The van der Waals surface area contributed by atoms with E-state index in [1.54, 1.807) is 0 Å². The molecule has 5 heteroatoms. The maximum absolute atomic E-state index is 4.83. The van der Waals surface area contributed by atoms with Crippen LogP contribution in [0.5, 0.6) is 0 Å². The third-order valence-corrected chi connectivity index (χ3v) is 5.98. The van der Waals surface area contributed by atoms with Crippen LogP contribution in [0.3, 0.4) is 0 Å². The first-order chi connectivity index (χ1) is 10.3. The predicted octanol–water partition coefficient (Wildman–Crippen LogP) is 3.70. The van der Waals surface area contributed by atoms with E-state index in [1.165, 1.54) is 28.3 Å². The number of aromatic nitrogens is 1. The summed E-state index contributed by atoms with van der Waals surface area (Å²) in [5, 5.41) is 6.92. The van der Waals surface area contributed by atoms with Gasteiger partial charge in [-0.25, -0.2) is 4.98 Å². The Morgan fingerprint density at radius 2 is 2.29 bits per heavy atom. The third-order valence-electron chi connectivity index (χ3n) is 3.83. The molecular formula is C16H23N3S2. The largest absolute Gasteiger partial charge is 0.351 e. The van der Waals surface area contributed by atoms with E-state index in [2.05, 4.69) is 41.7 Å². The van der Waals surface area contributed by atoms with Crippen LogP contribution in [0, 0.1) is 0 Å². The Labute approximate surface area is 135 Å². The highest BCUT2D eigenvalue weighted by atomic mass is 32.1. The third kappa shape index (κ3) is 4.05. The molecule has 2 heterocycles. The molecular weight excluding hydrogens is 298 g/mol. The number of anilines is 1. The van der Waals surface area contributed by atoms with Gasteiger partial charge in [0.05, 0.1) is 5.69 Å². The van der Waals surface area contributed by atoms with Crippen molar-refractivity contribution in [2.75, 3.05) is 18.5 Å². The van der Waals surface area contributed by atoms with Crippen LogP contribution in [-0.2, 0) is 19.4 Å². The Morgan fingerprint density at radius 3 is 2.95 bits per heavy atom. The van der Waals surface area contributed by atoms with Crippen molar-refractivity contribution in [2.45, 2.75) is 45.2 Å². The van der Waals surface area contributed by atoms with Gasteiger partial charge in [0, 0.05) is 35.9 Å². The van der Waals surface area contributed by atoms with Crippen LogP contribution < -0.4 is 10.2 Å². The summed E-state index contributed by atoms with van der Waals surface area (Å²) in [6.45, 7) is 4.22. The molecule has 0 spiro atoms. The molecule has 0 saturated heterocycles. The highest BCUT2D eigenvalue weighted by molar-refractivity contribution is 7.15. The van der Waals surface area contributed by atoms with Crippen molar-refractivity contribution in [3.8, 4) is 0 Å². The second-order valence-electron chi connectivity index (χ2n) is 5.63. The number of rotatable bonds is 8. The summed E-state index contributed by atoms with van der Waals surface area (Å²) in [6.07, 6.45) is 4.81. The average Bonchev–Trinajstić information content (AvgIpc) is 3.03. The highest BCUT2D eigenvalue weighted by Gasteiger charge is 2.21. The van der Waals surface area contributed by atoms with Crippen LogP contribution in [-0.4, -0.2) is 24.6 Å². The van der Waals surface area contributed by atoms with Crippen molar-refractivity contribution in [1.29, 1.82) is 0 Å². The first kappa shape index (κ1) is 15.0. The summed E-state index contributed by atoms with van der Waals surface area (Å²) in [5.41, 5.74) is 1.27. The van der Waals surface area contributed by atoms with E-state index in [-0.39, 0.29) is 0 Å². The standard InChI is InChI=1S/C16H23N3S2/c1-3-14-15(11-17-12-6-7-12)21-16(18-14)19(2)9-8-13-5-4-10-20-13/h4-5,10,12,17H,3,6-9,11H2,1-2H3. The van der Waals surface area contributed by atoms with Crippen molar-refractivity contribution in [3.63, 3.8) is 0 Å². The molecule has 1 fully saturated rings. The lowest BCUT2D eigenvalue weighted by Crippen LogP contribution is -2.19. The summed E-state index contributed by atoms with van der Waals surface area (Å²) >= 11 is 3.69. The minimum atomic E-state index is 0.761. The van der Waals surface area contributed by atoms with Gasteiger partial charge in [-0.1, -0.05) is 13.0 Å². The zero-order valence-electron chi connectivity index (χ0n) is 12.8. The van der Waals surface area contributed by atoms with Crippen LogP contribution in [0.2, 0.25) is 0 Å². The molecule has 0 radical (unpaired) electrons. The molecule has 1 N–H and O–H groups in total. The van der Waals surface area contributed by atoms with Gasteiger partial charge in [0.15, 0.2) is 5.13 Å². The number of hydrogen-bond donors (Lipinski definition) is 1. The van der Waals surface area contributed by atoms with Gasteiger partial charge in [0.2, 0.25) is 0 Å². The summed E-state index contributed by atoms with van der Waals surface area (Å²) in [4.78, 5) is 10.00. The van der Waals surface area contributed by atoms with Crippen molar-refractivity contribution in [1.82, 2.24) is 10.3 Å². The Morgan fingerprint density at radius 1 is 1.43 bits per heavy atom. The molecule has 1 saturated carbocycles. The summed E-state index contributed by atoms with van der Waals surface area (Å²) in [7, 11) is 2.16. The topological polar surface area (TPSA) is 28.2 Å². The fourth-order valence-electron chi connectivity index (χ4n) is 2.30. The molecule has 0 unspecified atom stereocenters. The number of hydrogen-bond acceptors (Lipinski definition) is 5. The molecule has 0 atom stereocenters. The van der Waals surface area contributed by atoms with Gasteiger partial charge < -0.3 is 10.2 Å². The fourth-order valence-corrected chi connectivity index (χ4v) is 4.09. The van der Waals surface area contributed by atoms with Gasteiger partial charge in [0.1, 0.15) is 0 Å². The van der Waals surface area contributed by atoms with Gasteiger partial charge >= 0.3 is 0 Å². The number of thiophene rings is 1.